The van der Waals surface area contributed by atoms with Crippen LogP contribution in [0.25, 0.3) is 0 Å². The third kappa shape index (κ3) is 3.30. The van der Waals surface area contributed by atoms with Crippen molar-refractivity contribution in [3.05, 3.63) is 35.9 Å². The summed E-state index contributed by atoms with van der Waals surface area (Å²) < 4.78 is 24.0. The third-order valence-electron chi connectivity index (χ3n) is 4.33. The van der Waals surface area contributed by atoms with Gasteiger partial charge in [-0.15, -0.1) is 0 Å². The lowest BCUT2D eigenvalue weighted by molar-refractivity contribution is -0.117. The van der Waals surface area contributed by atoms with Gasteiger partial charge in [-0.3, -0.25) is 4.79 Å². The molecule has 0 bridgehead atoms. The second kappa shape index (κ2) is 6.28. The summed E-state index contributed by atoms with van der Waals surface area (Å²) in [5, 5.41) is 0.632. The third-order valence-corrected chi connectivity index (χ3v) is 7.55. The Morgan fingerprint density at radius 3 is 2.70 bits per heavy atom. The molecule has 23 heavy (non-hydrogen) atoms. The van der Waals surface area contributed by atoms with Gasteiger partial charge < -0.3 is 4.90 Å². The summed E-state index contributed by atoms with van der Waals surface area (Å²) in [5.74, 6) is 0.140. The number of carbonyl (C=O) groups excluding carboxylic acids is 1. The molecule has 1 amide bonds. The Hall–Kier alpha value is -1.34. The van der Waals surface area contributed by atoms with Crippen LogP contribution in [0.5, 0.6) is 0 Å². The van der Waals surface area contributed by atoms with Gasteiger partial charge in [0.1, 0.15) is 0 Å². The summed E-state index contributed by atoms with van der Waals surface area (Å²) in [5.41, 5.74) is 1.09. The molecule has 3 atom stereocenters. The summed E-state index contributed by atoms with van der Waals surface area (Å²) >= 11 is 1.43. The normalized spacial score (nSPS) is 28.8. The van der Waals surface area contributed by atoms with Crippen LogP contribution in [0.4, 0.5) is 0 Å². The summed E-state index contributed by atoms with van der Waals surface area (Å²) in [6, 6.07) is 9.79. The number of thioether (sulfide) groups is 1. The molecule has 0 radical (unpaired) electrons. The molecule has 7 heteroatoms. The van der Waals surface area contributed by atoms with Crippen LogP contribution in [-0.4, -0.2) is 47.2 Å². The number of benzene rings is 1. The molecule has 0 aliphatic carbocycles. The summed E-state index contributed by atoms with van der Waals surface area (Å²) in [4.78, 5) is 18.0. The van der Waals surface area contributed by atoms with Crippen molar-refractivity contribution in [2.24, 2.45) is 4.99 Å². The van der Waals surface area contributed by atoms with Crippen LogP contribution < -0.4 is 0 Å². The predicted octanol–water partition coefficient (Wildman–Crippen LogP) is 2.25. The van der Waals surface area contributed by atoms with E-state index >= 15 is 0 Å². The van der Waals surface area contributed by atoms with Gasteiger partial charge in [-0.05, 0) is 12.5 Å². The molecule has 2 heterocycles. The zero-order valence-corrected chi connectivity index (χ0v) is 14.8. The van der Waals surface area contributed by atoms with E-state index in [1.165, 1.54) is 11.8 Å². The lowest BCUT2D eigenvalue weighted by Crippen LogP contribution is -2.39. The van der Waals surface area contributed by atoms with E-state index in [9.17, 15) is 13.2 Å². The Morgan fingerprint density at radius 1 is 1.35 bits per heavy atom. The van der Waals surface area contributed by atoms with E-state index in [1.54, 1.807) is 6.92 Å². The minimum atomic E-state index is -3.01. The van der Waals surface area contributed by atoms with Crippen LogP contribution in [0.15, 0.2) is 35.3 Å². The molecule has 0 spiro atoms. The smallest absolute Gasteiger partial charge is 0.247 e. The van der Waals surface area contributed by atoms with E-state index in [2.05, 4.69) is 4.99 Å². The fourth-order valence-electron chi connectivity index (χ4n) is 3.12. The highest BCUT2D eigenvalue weighted by atomic mass is 32.2. The van der Waals surface area contributed by atoms with E-state index in [4.69, 9.17) is 0 Å². The van der Waals surface area contributed by atoms with Crippen LogP contribution in [0.3, 0.4) is 0 Å². The number of amides is 1. The Kier molecular flexibility index (Phi) is 4.51. The molecule has 5 nitrogen and oxygen atoms in total. The number of hydrogen-bond acceptors (Lipinski definition) is 4. The fourth-order valence-corrected chi connectivity index (χ4v) is 7.13. The molecule has 2 fully saturated rings. The van der Waals surface area contributed by atoms with Gasteiger partial charge in [0.25, 0.3) is 0 Å². The minimum absolute atomic E-state index is 0.0181. The van der Waals surface area contributed by atoms with E-state index in [-0.39, 0.29) is 34.7 Å². The maximum atomic E-state index is 12.0. The Morgan fingerprint density at radius 2 is 2.04 bits per heavy atom. The number of nitrogens with zero attached hydrogens (tertiary/aromatic N) is 2. The van der Waals surface area contributed by atoms with Crippen molar-refractivity contribution in [2.45, 2.75) is 37.6 Å². The molecule has 3 unspecified atom stereocenters. The van der Waals surface area contributed by atoms with Crippen molar-refractivity contribution in [1.29, 1.82) is 0 Å². The first kappa shape index (κ1) is 16.5. The van der Waals surface area contributed by atoms with Gasteiger partial charge in [0.15, 0.2) is 15.0 Å². The first-order valence-electron chi connectivity index (χ1n) is 7.73. The average Bonchev–Trinajstić information content (AvgIpc) is 2.98. The molecular formula is C16H20N2O3S2. The number of sulfone groups is 1. The molecule has 1 aromatic carbocycles. The van der Waals surface area contributed by atoms with Gasteiger partial charge in [0, 0.05) is 11.7 Å². The zero-order valence-electron chi connectivity index (χ0n) is 13.2. The SMILES string of the molecule is CCC(=O)N=C1SC2CS(=O)(=O)CC2N1C(C)c1ccccc1. The number of aliphatic imine (C=N–C) groups is 1. The van der Waals surface area contributed by atoms with Gasteiger partial charge in [-0.25, -0.2) is 8.42 Å². The number of hydrogen-bond donors (Lipinski definition) is 0. The van der Waals surface area contributed by atoms with E-state index in [1.807, 2.05) is 42.2 Å². The second-order valence-corrected chi connectivity index (χ2v) is 9.30. The molecule has 1 aromatic rings. The average molecular weight is 352 g/mol. The Bertz CT molecular complexity index is 731. The van der Waals surface area contributed by atoms with Crippen molar-refractivity contribution in [3.63, 3.8) is 0 Å². The lowest BCUT2D eigenvalue weighted by atomic mass is 10.1. The summed E-state index contributed by atoms with van der Waals surface area (Å²) in [6.07, 6.45) is 0.352. The van der Waals surface area contributed by atoms with Crippen molar-refractivity contribution in [3.8, 4) is 0 Å². The standard InChI is InChI=1S/C16H20N2O3S2/c1-3-15(19)17-16-18(11(2)12-7-5-4-6-8-12)13-9-23(20,21)10-14(13)22-16/h4-8,11,13-14H,3,9-10H2,1-2H3. The molecule has 2 aliphatic rings. The maximum absolute atomic E-state index is 12.0. The molecule has 0 aromatic heterocycles. The summed E-state index contributed by atoms with van der Waals surface area (Å²) in [7, 11) is -3.01. The van der Waals surface area contributed by atoms with Gasteiger partial charge in [-0.1, -0.05) is 49.0 Å². The van der Waals surface area contributed by atoms with Gasteiger partial charge in [0.2, 0.25) is 5.91 Å². The highest BCUT2D eigenvalue weighted by molar-refractivity contribution is 8.15. The van der Waals surface area contributed by atoms with Gasteiger partial charge in [0.05, 0.1) is 23.6 Å². The molecule has 0 N–H and O–H groups in total. The number of fused-ring (bicyclic) bond motifs is 1. The number of carbonyl (C=O) groups is 1. The molecule has 2 aliphatic heterocycles. The van der Waals surface area contributed by atoms with Crippen molar-refractivity contribution < 1.29 is 13.2 Å². The predicted molar refractivity (Wildman–Crippen MR) is 93.2 cm³/mol. The minimum Gasteiger partial charge on any atom is -0.339 e. The second-order valence-electron chi connectivity index (χ2n) is 5.94. The van der Waals surface area contributed by atoms with Gasteiger partial charge in [-0.2, -0.15) is 4.99 Å². The molecular weight excluding hydrogens is 332 g/mol. The van der Waals surface area contributed by atoms with Crippen LogP contribution in [0.2, 0.25) is 0 Å². The van der Waals surface area contributed by atoms with E-state index in [0.29, 0.717) is 11.6 Å². The topological polar surface area (TPSA) is 66.8 Å². The monoisotopic (exact) mass is 352 g/mol. The fraction of sp³-hybridized carbons (Fsp3) is 0.500. The number of rotatable bonds is 3. The number of amidine groups is 1. The first-order chi connectivity index (χ1) is 10.9. The lowest BCUT2D eigenvalue weighted by Gasteiger charge is -2.31. The van der Waals surface area contributed by atoms with E-state index in [0.717, 1.165) is 5.56 Å². The highest BCUT2D eigenvalue weighted by Crippen LogP contribution is 2.42. The zero-order chi connectivity index (χ0) is 16.6. The van der Waals surface area contributed by atoms with Gasteiger partial charge >= 0.3 is 0 Å². The van der Waals surface area contributed by atoms with Crippen molar-refractivity contribution >= 4 is 32.7 Å². The molecule has 3 rings (SSSR count). The van der Waals surface area contributed by atoms with Crippen LogP contribution in [0, 0.1) is 0 Å². The summed E-state index contributed by atoms with van der Waals surface area (Å²) in [6.45, 7) is 3.82. The van der Waals surface area contributed by atoms with Crippen LogP contribution in [-0.2, 0) is 14.6 Å². The van der Waals surface area contributed by atoms with Crippen molar-refractivity contribution in [2.75, 3.05) is 11.5 Å². The Balaban J connectivity index is 1.97. The molecule has 2 saturated heterocycles. The van der Waals surface area contributed by atoms with Crippen LogP contribution >= 0.6 is 11.8 Å². The van der Waals surface area contributed by atoms with Crippen LogP contribution in [0.1, 0.15) is 31.9 Å². The quantitative estimate of drug-likeness (QED) is 0.835. The first-order valence-corrected chi connectivity index (χ1v) is 10.4. The Labute approximate surface area is 141 Å². The molecule has 124 valence electrons. The van der Waals surface area contributed by atoms with E-state index < -0.39 is 9.84 Å². The highest BCUT2D eigenvalue weighted by Gasteiger charge is 2.50. The largest absolute Gasteiger partial charge is 0.339 e. The molecule has 0 saturated carbocycles. The maximum Gasteiger partial charge on any atom is 0.247 e. The van der Waals surface area contributed by atoms with Crippen molar-refractivity contribution in [1.82, 2.24) is 4.90 Å².